The van der Waals surface area contributed by atoms with E-state index in [0.29, 0.717) is 5.82 Å². The molecule has 0 saturated carbocycles. The highest BCUT2D eigenvalue weighted by Gasteiger charge is 2.10. The van der Waals surface area contributed by atoms with Crippen LogP contribution < -0.4 is 0 Å². The first-order valence-corrected chi connectivity index (χ1v) is 5.56. The smallest absolute Gasteiger partial charge is 0.183 e. The maximum atomic E-state index is 4.53. The third-order valence-electron chi connectivity index (χ3n) is 2.62. The molecule has 3 heterocycles. The Kier molecular flexibility index (Phi) is 2.57. The zero-order chi connectivity index (χ0) is 12.4. The van der Waals surface area contributed by atoms with Gasteiger partial charge < -0.3 is 0 Å². The minimum absolute atomic E-state index is 0.678. The van der Waals surface area contributed by atoms with Crippen molar-refractivity contribution in [3.8, 4) is 22.8 Å². The third kappa shape index (κ3) is 1.86. The zero-order valence-corrected chi connectivity index (χ0v) is 9.85. The van der Waals surface area contributed by atoms with Crippen LogP contribution >= 0.6 is 0 Å². The van der Waals surface area contributed by atoms with Gasteiger partial charge in [-0.25, -0.2) is 9.67 Å². The Hall–Kier alpha value is -2.56. The van der Waals surface area contributed by atoms with E-state index in [-0.39, 0.29) is 0 Å². The van der Waals surface area contributed by atoms with E-state index in [4.69, 9.17) is 0 Å². The summed E-state index contributed by atoms with van der Waals surface area (Å²) in [6.07, 6.45) is 6.98. The maximum absolute atomic E-state index is 4.53. The zero-order valence-electron chi connectivity index (χ0n) is 9.85. The molecule has 0 bridgehead atoms. The predicted molar refractivity (Wildman–Crippen MR) is 67.5 cm³/mol. The van der Waals surface area contributed by atoms with Gasteiger partial charge in [0, 0.05) is 43.0 Å². The molecule has 3 aromatic heterocycles. The number of pyridine rings is 2. The van der Waals surface area contributed by atoms with E-state index in [2.05, 4.69) is 20.1 Å². The Labute approximate surface area is 104 Å². The molecule has 3 aromatic rings. The normalized spacial score (nSPS) is 10.5. The molecule has 0 spiro atoms. The van der Waals surface area contributed by atoms with E-state index in [9.17, 15) is 0 Å². The van der Waals surface area contributed by atoms with Crippen LogP contribution in [-0.2, 0) is 7.05 Å². The SMILES string of the molecule is Cn1nc(-c2cccnc2)nc1-c1ccncc1. The lowest BCUT2D eigenvalue weighted by molar-refractivity contribution is 0.777. The van der Waals surface area contributed by atoms with E-state index in [1.54, 1.807) is 29.5 Å². The van der Waals surface area contributed by atoms with Crippen molar-refractivity contribution in [2.24, 2.45) is 7.05 Å². The van der Waals surface area contributed by atoms with Crippen molar-refractivity contribution in [2.75, 3.05) is 0 Å². The average Bonchev–Trinajstić information content (AvgIpc) is 2.83. The molecule has 0 N–H and O–H groups in total. The molecule has 0 fully saturated rings. The van der Waals surface area contributed by atoms with Gasteiger partial charge in [-0.2, -0.15) is 5.10 Å². The van der Waals surface area contributed by atoms with Crippen molar-refractivity contribution >= 4 is 0 Å². The van der Waals surface area contributed by atoms with Gasteiger partial charge in [0.15, 0.2) is 11.6 Å². The van der Waals surface area contributed by atoms with Gasteiger partial charge >= 0.3 is 0 Å². The Morgan fingerprint density at radius 2 is 1.78 bits per heavy atom. The summed E-state index contributed by atoms with van der Waals surface area (Å²) in [4.78, 5) is 12.6. The lowest BCUT2D eigenvalue weighted by atomic mass is 10.2. The van der Waals surface area contributed by atoms with E-state index >= 15 is 0 Å². The molecule has 5 nitrogen and oxygen atoms in total. The minimum atomic E-state index is 0.678. The highest BCUT2D eigenvalue weighted by molar-refractivity contribution is 5.60. The third-order valence-corrected chi connectivity index (χ3v) is 2.62. The molecular weight excluding hydrogens is 226 g/mol. The molecule has 5 heteroatoms. The summed E-state index contributed by atoms with van der Waals surface area (Å²) in [5, 5.41) is 4.40. The highest BCUT2D eigenvalue weighted by atomic mass is 15.3. The molecule has 0 aliphatic heterocycles. The Morgan fingerprint density at radius 1 is 0.944 bits per heavy atom. The number of hydrogen-bond donors (Lipinski definition) is 0. The van der Waals surface area contributed by atoms with Gasteiger partial charge in [0.05, 0.1) is 0 Å². The first-order valence-electron chi connectivity index (χ1n) is 5.56. The van der Waals surface area contributed by atoms with Crippen LogP contribution in [0.3, 0.4) is 0 Å². The number of aromatic nitrogens is 5. The van der Waals surface area contributed by atoms with Crippen LogP contribution in [0.15, 0.2) is 49.1 Å². The van der Waals surface area contributed by atoms with E-state index in [1.807, 2.05) is 31.3 Å². The van der Waals surface area contributed by atoms with Crippen LogP contribution in [0.25, 0.3) is 22.8 Å². The lowest BCUT2D eigenvalue weighted by Gasteiger charge is -1.97. The second-order valence-corrected chi connectivity index (χ2v) is 3.86. The molecule has 0 aliphatic carbocycles. The fourth-order valence-electron chi connectivity index (χ4n) is 1.75. The largest absolute Gasteiger partial charge is 0.265 e. The number of rotatable bonds is 2. The van der Waals surface area contributed by atoms with Crippen molar-refractivity contribution < 1.29 is 0 Å². The molecular formula is C13H11N5. The van der Waals surface area contributed by atoms with Gasteiger partial charge in [-0.1, -0.05) is 0 Å². The van der Waals surface area contributed by atoms with Crippen LogP contribution in [0.2, 0.25) is 0 Å². The minimum Gasteiger partial charge on any atom is -0.265 e. The monoisotopic (exact) mass is 237 g/mol. The van der Waals surface area contributed by atoms with Crippen molar-refractivity contribution in [2.45, 2.75) is 0 Å². The van der Waals surface area contributed by atoms with Gasteiger partial charge in [-0.3, -0.25) is 9.97 Å². The first kappa shape index (κ1) is 10.6. The summed E-state index contributed by atoms with van der Waals surface area (Å²) in [6.45, 7) is 0. The standard InChI is InChI=1S/C13H11N5/c1-18-13(10-4-7-14-8-5-10)16-12(17-18)11-3-2-6-15-9-11/h2-9H,1H3. The van der Waals surface area contributed by atoms with Gasteiger partial charge in [0.1, 0.15) is 0 Å². The average molecular weight is 237 g/mol. The predicted octanol–water partition coefficient (Wildman–Crippen LogP) is 1.94. The van der Waals surface area contributed by atoms with Crippen molar-refractivity contribution in [1.82, 2.24) is 24.7 Å². The first-order chi connectivity index (χ1) is 8.84. The summed E-state index contributed by atoms with van der Waals surface area (Å²) < 4.78 is 1.76. The summed E-state index contributed by atoms with van der Waals surface area (Å²) in [6, 6.07) is 7.64. The van der Waals surface area contributed by atoms with Crippen LogP contribution in [-0.4, -0.2) is 24.7 Å². The Morgan fingerprint density at radius 3 is 2.50 bits per heavy atom. The molecule has 88 valence electrons. The van der Waals surface area contributed by atoms with Crippen LogP contribution in [0.1, 0.15) is 0 Å². The molecule has 0 radical (unpaired) electrons. The summed E-state index contributed by atoms with van der Waals surface area (Å²) >= 11 is 0. The van der Waals surface area contributed by atoms with Crippen molar-refractivity contribution in [1.29, 1.82) is 0 Å². The molecule has 18 heavy (non-hydrogen) atoms. The van der Waals surface area contributed by atoms with Crippen molar-refractivity contribution in [3.63, 3.8) is 0 Å². The number of hydrogen-bond acceptors (Lipinski definition) is 4. The molecule has 0 unspecified atom stereocenters. The van der Waals surface area contributed by atoms with Crippen molar-refractivity contribution in [3.05, 3.63) is 49.1 Å². The molecule has 0 aliphatic rings. The van der Waals surface area contributed by atoms with Crippen LogP contribution in [0.4, 0.5) is 0 Å². The van der Waals surface area contributed by atoms with Gasteiger partial charge in [0.25, 0.3) is 0 Å². The summed E-state index contributed by atoms with van der Waals surface area (Å²) in [5.74, 6) is 1.49. The second-order valence-electron chi connectivity index (χ2n) is 3.86. The quantitative estimate of drug-likeness (QED) is 0.683. The van der Waals surface area contributed by atoms with Gasteiger partial charge in [0.2, 0.25) is 0 Å². The topological polar surface area (TPSA) is 56.5 Å². The summed E-state index contributed by atoms with van der Waals surface area (Å²) in [7, 11) is 1.88. The Balaban J connectivity index is 2.07. The van der Waals surface area contributed by atoms with E-state index < -0.39 is 0 Å². The van der Waals surface area contributed by atoms with E-state index in [1.165, 1.54) is 0 Å². The van der Waals surface area contributed by atoms with Crippen LogP contribution in [0.5, 0.6) is 0 Å². The maximum Gasteiger partial charge on any atom is 0.183 e. The van der Waals surface area contributed by atoms with E-state index in [0.717, 1.165) is 17.0 Å². The fraction of sp³-hybridized carbons (Fsp3) is 0.0769. The second kappa shape index (κ2) is 4.37. The lowest BCUT2D eigenvalue weighted by Crippen LogP contribution is -1.94. The Bertz CT molecular complexity index is 646. The van der Waals surface area contributed by atoms with Gasteiger partial charge in [-0.15, -0.1) is 0 Å². The molecule has 0 atom stereocenters. The highest BCUT2D eigenvalue weighted by Crippen LogP contribution is 2.20. The molecule has 0 aromatic carbocycles. The van der Waals surface area contributed by atoms with Crippen LogP contribution in [0, 0.1) is 0 Å². The number of aryl methyl sites for hydroxylation is 1. The fourth-order valence-corrected chi connectivity index (χ4v) is 1.75. The molecule has 0 saturated heterocycles. The molecule has 0 amide bonds. The molecule has 3 rings (SSSR count). The van der Waals surface area contributed by atoms with Gasteiger partial charge in [-0.05, 0) is 24.3 Å². The summed E-state index contributed by atoms with van der Waals surface area (Å²) in [5.41, 5.74) is 1.91. The number of nitrogens with zero attached hydrogens (tertiary/aromatic N) is 5.